The summed E-state index contributed by atoms with van der Waals surface area (Å²) in [5.74, 6) is 0. The van der Waals surface area contributed by atoms with Crippen LogP contribution in [0.4, 0.5) is 0 Å². The molecule has 8 heavy (non-hydrogen) atoms. The molecule has 0 amide bonds. The number of nitrogens with zero attached hydrogens (tertiary/aromatic N) is 1. The average Bonchev–Trinajstić information content (AvgIpc) is 2.36. The molecular formula is C6H10N2. The first-order chi connectivity index (χ1) is 3.92. The van der Waals surface area contributed by atoms with Crippen LogP contribution in [0.1, 0.15) is 12.8 Å². The van der Waals surface area contributed by atoms with E-state index in [9.17, 15) is 0 Å². The molecule has 2 nitrogen and oxygen atoms in total. The van der Waals surface area contributed by atoms with Gasteiger partial charge in [-0.1, -0.05) is 0 Å². The van der Waals surface area contributed by atoms with Gasteiger partial charge in [0.05, 0.1) is 5.66 Å². The van der Waals surface area contributed by atoms with Crippen LogP contribution in [0.5, 0.6) is 0 Å². The second-order valence-corrected chi connectivity index (χ2v) is 3.15. The van der Waals surface area contributed by atoms with Crippen molar-refractivity contribution in [3.8, 4) is 0 Å². The molecular weight excluding hydrogens is 100 g/mol. The molecule has 2 heteroatoms. The SMILES string of the molecule is C1CN2CCC23NC13. The Bertz CT molecular complexity index is 139. The maximum atomic E-state index is 3.51. The van der Waals surface area contributed by atoms with Crippen molar-refractivity contribution in [1.82, 2.24) is 10.2 Å². The molecule has 2 unspecified atom stereocenters. The number of rotatable bonds is 0. The Balaban J connectivity index is 2.02. The third kappa shape index (κ3) is 0.213. The fourth-order valence-electron chi connectivity index (χ4n) is 2.24. The Morgan fingerprint density at radius 2 is 2.50 bits per heavy atom. The molecule has 0 aliphatic carbocycles. The van der Waals surface area contributed by atoms with Crippen LogP contribution in [0.15, 0.2) is 0 Å². The van der Waals surface area contributed by atoms with Crippen molar-refractivity contribution < 1.29 is 0 Å². The molecule has 3 aliphatic rings. The van der Waals surface area contributed by atoms with Crippen molar-refractivity contribution >= 4 is 0 Å². The summed E-state index contributed by atoms with van der Waals surface area (Å²) in [5, 5.41) is 3.51. The highest BCUT2D eigenvalue weighted by Crippen LogP contribution is 2.48. The quantitative estimate of drug-likeness (QED) is 0.435. The minimum Gasteiger partial charge on any atom is -0.292 e. The molecule has 0 aromatic rings. The van der Waals surface area contributed by atoms with Crippen LogP contribution in [-0.2, 0) is 0 Å². The van der Waals surface area contributed by atoms with E-state index in [1.54, 1.807) is 0 Å². The Morgan fingerprint density at radius 3 is 2.75 bits per heavy atom. The highest BCUT2D eigenvalue weighted by atomic mass is 15.5. The predicted octanol–water partition coefficient (Wildman–Crippen LogP) is -0.236. The van der Waals surface area contributed by atoms with Crippen LogP contribution in [-0.4, -0.2) is 29.7 Å². The van der Waals surface area contributed by atoms with Gasteiger partial charge in [0.25, 0.3) is 0 Å². The van der Waals surface area contributed by atoms with E-state index >= 15 is 0 Å². The minimum atomic E-state index is 0.583. The lowest BCUT2D eigenvalue weighted by Crippen LogP contribution is -2.50. The van der Waals surface area contributed by atoms with E-state index in [0.29, 0.717) is 5.66 Å². The van der Waals surface area contributed by atoms with Gasteiger partial charge in [-0.05, 0) is 12.8 Å². The molecule has 2 atom stereocenters. The highest BCUT2D eigenvalue weighted by Gasteiger charge is 2.66. The van der Waals surface area contributed by atoms with E-state index < -0.39 is 0 Å². The van der Waals surface area contributed by atoms with E-state index in [2.05, 4.69) is 10.2 Å². The van der Waals surface area contributed by atoms with E-state index in [0.717, 1.165) is 6.04 Å². The summed E-state index contributed by atoms with van der Waals surface area (Å²) in [4.78, 5) is 2.57. The summed E-state index contributed by atoms with van der Waals surface area (Å²) in [6, 6.07) is 0.899. The smallest absolute Gasteiger partial charge is 0.0886 e. The Kier molecular flexibility index (Phi) is 0.408. The summed E-state index contributed by atoms with van der Waals surface area (Å²) in [7, 11) is 0. The predicted molar refractivity (Wildman–Crippen MR) is 30.5 cm³/mol. The lowest BCUT2D eigenvalue weighted by Gasteiger charge is -2.37. The lowest BCUT2D eigenvalue weighted by molar-refractivity contribution is 0.0902. The summed E-state index contributed by atoms with van der Waals surface area (Å²) in [5.41, 5.74) is 0.583. The Hall–Kier alpha value is -0.0800. The first kappa shape index (κ1) is 3.85. The summed E-state index contributed by atoms with van der Waals surface area (Å²) < 4.78 is 0. The number of hydrogen-bond donors (Lipinski definition) is 1. The van der Waals surface area contributed by atoms with Gasteiger partial charge in [0.2, 0.25) is 0 Å². The molecule has 1 N–H and O–H groups in total. The summed E-state index contributed by atoms with van der Waals surface area (Å²) in [6.45, 7) is 2.71. The van der Waals surface area contributed by atoms with Crippen LogP contribution in [0, 0.1) is 0 Å². The van der Waals surface area contributed by atoms with E-state index in [1.807, 2.05) is 0 Å². The van der Waals surface area contributed by atoms with Gasteiger partial charge in [-0.25, -0.2) is 0 Å². The summed E-state index contributed by atoms with van der Waals surface area (Å²) >= 11 is 0. The Labute approximate surface area is 48.9 Å². The average molecular weight is 110 g/mol. The van der Waals surface area contributed by atoms with E-state index in [1.165, 1.54) is 25.9 Å². The maximum absolute atomic E-state index is 3.51. The third-order valence-corrected chi connectivity index (χ3v) is 2.93. The van der Waals surface area contributed by atoms with Crippen molar-refractivity contribution in [2.24, 2.45) is 0 Å². The monoisotopic (exact) mass is 110 g/mol. The first-order valence-corrected chi connectivity index (χ1v) is 3.45. The van der Waals surface area contributed by atoms with Crippen LogP contribution in [0.3, 0.4) is 0 Å². The van der Waals surface area contributed by atoms with Gasteiger partial charge in [0.1, 0.15) is 0 Å². The second-order valence-electron chi connectivity index (χ2n) is 3.15. The summed E-state index contributed by atoms with van der Waals surface area (Å²) in [6.07, 6.45) is 2.82. The fraction of sp³-hybridized carbons (Fsp3) is 1.00. The first-order valence-electron chi connectivity index (χ1n) is 3.45. The molecule has 0 aromatic heterocycles. The molecule has 0 bridgehead atoms. The molecule has 0 aromatic carbocycles. The van der Waals surface area contributed by atoms with Gasteiger partial charge >= 0.3 is 0 Å². The zero-order valence-electron chi connectivity index (χ0n) is 4.85. The Morgan fingerprint density at radius 1 is 1.50 bits per heavy atom. The molecule has 0 saturated carbocycles. The number of hydrogen-bond acceptors (Lipinski definition) is 2. The van der Waals surface area contributed by atoms with Crippen LogP contribution < -0.4 is 5.32 Å². The van der Waals surface area contributed by atoms with Crippen molar-refractivity contribution in [2.75, 3.05) is 13.1 Å². The normalized spacial score (nSPS) is 59.2. The second kappa shape index (κ2) is 0.847. The maximum Gasteiger partial charge on any atom is 0.0886 e. The van der Waals surface area contributed by atoms with Crippen molar-refractivity contribution in [2.45, 2.75) is 24.5 Å². The molecule has 3 fully saturated rings. The number of nitrogens with one attached hydrogen (secondary N) is 1. The molecule has 3 heterocycles. The van der Waals surface area contributed by atoms with Gasteiger partial charge in [0.15, 0.2) is 0 Å². The van der Waals surface area contributed by atoms with Crippen molar-refractivity contribution in [3.63, 3.8) is 0 Å². The largest absolute Gasteiger partial charge is 0.292 e. The van der Waals surface area contributed by atoms with E-state index in [4.69, 9.17) is 0 Å². The molecule has 3 saturated heterocycles. The van der Waals surface area contributed by atoms with Gasteiger partial charge in [-0.15, -0.1) is 0 Å². The van der Waals surface area contributed by atoms with Crippen LogP contribution >= 0.6 is 0 Å². The van der Waals surface area contributed by atoms with Gasteiger partial charge in [0, 0.05) is 19.1 Å². The topological polar surface area (TPSA) is 25.2 Å². The zero-order valence-corrected chi connectivity index (χ0v) is 4.85. The van der Waals surface area contributed by atoms with Crippen LogP contribution in [0.2, 0.25) is 0 Å². The van der Waals surface area contributed by atoms with Crippen molar-refractivity contribution in [1.29, 1.82) is 0 Å². The molecule has 1 spiro atoms. The molecule has 3 aliphatic heterocycles. The third-order valence-electron chi connectivity index (χ3n) is 2.93. The lowest BCUT2D eigenvalue weighted by atomic mass is 10.0. The molecule has 3 rings (SSSR count). The van der Waals surface area contributed by atoms with Gasteiger partial charge < -0.3 is 0 Å². The van der Waals surface area contributed by atoms with E-state index in [-0.39, 0.29) is 0 Å². The van der Waals surface area contributed by atoms with Gasteiger partial charge in [-0.3, -0.25) is 10.2 Å². The molecule has 44 valence electrons. The fourth-order valence-corrected chi connectivity index (χ4v) is 2.24. The van der Waals surface area contributed by atoms with Gasteiger partial charge in [-0.2, -0.15) is 0 Å². The van der Waals surface area contributed by atoms with Crippen LogP contribution in [0.25, 0.3) is 0 Å². The zero-order chi connectivity index (χ0) is 5.19. The molecule has 0 radical (unpaired) electrons. The highest BCUT2D eigenvalue weighted by molar-refractivity contribution is 5.23. The standard InChI is InChI=1S/C6H10N2/c1-3-8-4-2-6(8)5(1)7-6/h5,7H,1-4H2. The minimum absolute atomic E-state index is 0.583. The van der Waals surface area contributed by atoms with Crippen molar-refractivity contribution in [3.05, 3.63) is 0 Å².